The quantitative estimate of drug-likeness (QED) is 0.737. The molecular weight excluding hydrogens is 364 g/mol. The molecule has 1 aliphatic heterocycles. The highest BCUT2D eigenvalue weighted by atomic mass is 32.2. The van der Waals surface area contributed by atoms with E-state index < -0.39 is 15.1 Å². The Morgan fingerprint density at radius 1 is 1.11 bits per heavy atom. The Morgan fingerprint density at radius 2 is 1.85 bits per heavy atom. The number of urea groups is 1. The molecule has 1 saturated heterocycles. The van der Waals surface area contributed by atoms with Gasteiger partial charge in [0.15, 0.2) is 9.84 Å². The third kappa shape index (κ3) is 5.60. The first-order valence-electron chi connectivity index (χ1n) is 9.35. The van der Waals surface area contributed by atoms with Gasteiger partial charge in [-0.2, -0.15) is 0 Å². The lowest BCUT2D eigenvalue weighted by Gasteiger charge is -2.31. The molecule has 27 heavy (non-hydrogen) atoms. The van der Waals surface area contributed by atoms with Crippen molar-refractivity contribution >= 4 is 15.9 Å². The Labute approximate surface area is 160 Å². The number of benzene rings is 1. The highest BCUT2D eigenvalue weighted by Crippen LogP contribution is 2.21. The number of amides is 2. The Balaban J connectivity index is 1.38. The summed E-state index contributed by atoms with van der Waals surface area (Å²) < 4.78 is 30.1. The maximum absolute atomic E-state index is 12.5. The van der Waals surface area contributed by atoms with E-state index in [9.17, 15) is 13.2 Å². The van der Waals surface area contributed by atoms with E-state index in [-0.39, 0.29) is 11.8 Å². The molecule has 1 aromatic carbocycles. The van der Waals surface area contributed by atoms with Gasteiger partial charge in [-0.25, -0.2) is 13.2 Å². The van der Waals surface area contributed by atoms with E-state index in [1.54, 1.807) is 17.0 Å². The maximum Gasteiger partial charge on any atom is 0.317 e. The van der Waals surface area contributed by atoms with E-state index in [1.807, 2.05) is 18.2 Å². The van der Waals surface area contributed by atoms with Crippen LogP contribution in [0.4, 0.5) is 4.79 Å². The second-order valence-corrected chi connectivity index (χ2v) is 9.18. The predicted molar refractivity (Wildman–Crippen MR) is 104 cm³/mol. The molecule has 0 bridgehead atoms. The predicted octanol–water partition coefficient (Wildman–Crippen LogP) is 3.00. The fraction of sp³-hybridized carbons (Fsp3) is 0.450. The smallest absolute Gasteiger partial charge is 0.317 e. The van der Waals surface area contributed by atoms with Crippen LogP contribution in [0.15, 0.2) is 53.1 Å². The zero-order valence-electron chi connectivity index (χ0n) is 15.3. The molecule has 0 saturated carbocycles. The molecule has 146 valence electrons. The highest BCUT2D eigenvalue weighted by Gasteiger charge is 2.32. The van der Waals surface area contributed by atoms with Crippen LogP contribution in [0.3, 0.4) is 0 Å². The second-order valence-electron chi connectivity index (χ2n) is 6.89. The van der Waals surface area contributed by atoms with Crippen molar-refractivity contribution in [3.05, 3.63) is 60.1 Å². The Morgan fingerprint density at radius 3 is 2.52 bits per heavy atom. The van der Waals surface area contributed by atoms with Crippen LogP contribution in [0.25, 0.3) is 0 Å². The first kappa shape index (κ1) is 19.5. The number of sulfone groups is 1. The monoisotopic (exact) mass is 390 g/mol. The largest absolute Gasteiger partial charge is 0.468 e. The Hall–Kier alpha value is -2.28. The molecule has 2 amide bonds. The lowest BCUT2D eigenvalue weighted by atomic mass is 10.1. The van der Waals surface area contributed by atoms with Crippen LogP contribution in [-0.4, -0.2) is 44.2 Å². The third-order valence-corrected chi connectivity index (χ3v) is 7.10. The number of aryl methyl sites for hydroxylation is 1. The molecule has 0 spiro atoms. The van der Waals surface area contributed by atoms with E-state index in [2.05, 4.69) is 17.4 Å². The number of hydrogen-bond acceptors (Lipinski definition) is 4. The zero-order valence-corrected chi connectivity index (χ0v) is 16.2. The summed E-state index contributed by atoms with van der Waals surface area (Å²) in [5.41, 5.74) is 1.26. The molecule has 0 radical (unpaired) electrons. The van der Waals surface area contributed by atoms with Crippen LogP contribution in [0.5, 0.6) is 0 Å². The number of carbonyl (C=O) groups excluding carboxylic acids is 1. The summed E-state index contributed by atoms with van der Waals surface area (Å²) in [4.78, 5) is 14.0. The van der Waals surface area contributed by atoms with Crippen LogP contribution < -0.4 is 5.32 Å². The molecule has 1 fully saturated rings. The fourth-order valence-corrected chi connectivity index (χ4v) is 5.10. The molecule has 1 N–H and O–H groups in total. The molecule has 1 aliphatic rings. The molecule has 3 rings (SSSR count). The average Bonchev–Trinajstić information content (AvgIpc) is 3.18. The second kappa shape index (κ2) is 9.08. The van der Waals surface area contributed by atoms with Gasteiger partial charge >= 0.3 is 6.03 Å². The van der Waals surface area contributed by atoms with Crippen molar-refractivity contribution < 1.29 is 17.6 Å². The summed E-state index contributed by atoms with van der Waals surface area (Å²) >= 11 is 0. The molecule has 0 unspecified atom stereocenters. The number of furan rings is 1. The van der Waals surface area contributed by atoms with Gasteiger partial charge < -0.3 is 14.6 Å². The minimum Gasteiger partial charge on any atom is -0.468 e. The van der Waals surface area contributed by atoms with E-state index in [1.165, 1.54) is 11.8 Å². The van der Waals surface area contributed by atoms with Gasteiger partial charge in [-0.05, 0) is 43.4 Å². The summed E-state index contributed by atoms with van der Waals surface area (Å²) in [6.45, 7) is 1.55. The summed E-state index contributed by atoms with van der Waals surface area (Å²) in [6.07, 6.45) is 4.23. The number of likely N-dealkylation sites (tertiary alicyclic amines) is 1. The van der Waals surface area contributed by atoms with Crippen molar-refractivity contribution in [2.45, 2.75) is 36.7 Å². The lowest BCUT2D eigenvalue weighted by Crippen LogP contribution is -2.47. The van der Waals surface area contributed by atoms with Gasteiger partial charge in [-0.3, -0.25) is 0 Å². The number of hydrogen-bond donors (Lipinski definition) is 1. The van der Waals surface area contributed by atoms with Gasteiger partial charge in [0.2, 0.25) is 0 Å². The van der Waals surface area contributed by atoms with Crippen molar-refractivity contribution in [3.63, 3.8) is 0 Å². The summed E-state index contributed by atoms with van der Waals surface area (Å²) in [7, 11) is -3.26. The van der Waals surface area contributed by atoms with Crippen molar-refractivity contribution in [1.82, 2.24) is 10.2 Å². The third-order valence-electron chi connectivity index (χ3n) is 4.92. The molecule has 6 nitrogen and oxygen atoms in total. The van der Waals surface area contributed by atoms with Gasteiger partial charge in [0.05, 0.1) is 11.5 Å². The minimum absolute atomic E-state index is 0.0731. The summed E-state index contributed by atoms with van der Waals surface area (Å²) in [6, 6.07) is 13.4. The van der Waals surface area contributed by atoms with Crippen molar-refractivity contribution in [1.29, 1.82) is 0 Å². The van der Waals surface area contributed by atoms with E-state index in [0.717, 1.165) is 12.8 Å². The van der Waals surface area contributed by atoms with Crippen LogP contribution in [0.1, 0.15) is 30.6 Å². The van der Waals surface area contributed by atoms with E-state index in [4.69, 9.17) is 4.42 Å². The van der Waals surface area contributed by atoms with Crippen LogP contribution >= 0.6 is 0 Å². The van der Waals surface area contributed by atoms with Gasteiger partial charge in [0.1, 0.15) is 11.5 Å². The first-order valence-corrected chi connectivity index (χ1v) is 11.1. The number of nitrogens with zero attached hydrogens (tertiary/aromatic N) is 1. The van der Waals surface area contributed by atoms with Gasteiger partial charge in [0, 0.05) is 19.6 Å². The average molecular weight is 391 g/mol. The SMILES string of the molecule is O=C(NCCCc1ccccc1)N1CCC(S(=O)(=O)Cc2ccco2)CC1. The zero-order chi connectivity index (χ0) is 19.1. The van der Waals surface area contributed by atoms with E-state index in [0.29, 0.717) is 38.2 Å². The first-order chi connectivity index (χ1) is 13.0. The molecule has 0 atom stereocenters. The van der Waals surface area contributed by atoms with Crippen LogP contribution in [0, 0.1) is 0 Å². The van der Waals surface area contributed by atoms with Crippen molar-refractivity contribution in [2.24, 2.45) is 0 Å². The Bertz CT molecular complexity index is 811. The van der Waals surface area contributed by atoms with Crippen LogP contribution in [-0.2, 0) is 22.0 Å². The molecule has 0 aliphatic carbocycles. The minimum atomic E-state index is -3.26. The number of piperidine rings is 1. The number of carbonyl (C=O) groups is 1. The van der Waals surface area contributed by atoms with E-state index >= 15 is 0 Å². The normalized spacial score (nSPS) is 15.6. The topological polar surface area (TPSA) is 79.6 Å². The van der Waals surface area contributed by atoms with Crippen LogP contribution in [0.2, 0.25) is 0 Å². The van der Waals surface area contributed by atoms with Crippen molar-refractivity contribution in [2.75, 3.05) is 19.6 Å². The van der Waals surface area contributed by atoms with Crippen molar-refractivity contribution in [3.8, 4) is 0 Å². The number of rotatable bonds is 7. The molecule has 7 heteroatoms. The fourth-order valence-electron chi connectivity index (χ4n) is 3.37. The highest BCUT2D eigenvalue weighted by molar-refractivity contribution is 7.91. The standard InChI is InChI=1S/C20H26N2O4S/c23-20(21-12-4-8-17-6-2-1-3-7-17)22-13-10-19(11-14-22)27(24,25)16-18-9-5-15-26-18/h1-3,5-7,9,15,19H,4,8,10-14,16H2,(H,21,23). The lowest BCUT2D eigenvalue weighted by molar-refractivity contribution is 0.186. The number of nitrogens with one attached hydrogen (secondary N) is 1. The Kier molecular flexibility index (Phi) is 6.55. The van der Waals surface area contributed by atoms with Gasteiger partial charge in [-0.1, -0.05) is 30.3 Å². The van der Waals surface area contributed by atoms with Gasteiger partial charge in [0.25, 0.3) is 0 Å². The molecule has 1 aromatic heterocycles. The molecular formula is C20H26N2O4S. The maximum atomic E-state index is 12.5. The van der Waals surface area contributed by atoms with Gasteiger partial charge in [-0.15, -0.1) is 0 Å². The molecule has 2 aromatic rings. The summed E-state index contributed by atoms with van der Waals surface area (Å²) in [5, 5.41) is 2.52. The summed E-state index contributed by atoms with van der Waals surface area (Å²) in [5.74, 6) is 0.393. The molecule has 2 heterocycles.